The van der Waals surface area contributed by atoms with Crippen LogP contribution in [0, 0.1) is 5.92 Å². The van der Waals surface area contributed by atoms with Crippen molar-refractivity contribution in [2.75, 3.05) is 19.6 Å². The molecule has 230 valence electrons. The lowest BCUT2D eigenvalue weighted by Gasteiger charge is -2.24. The van der Waals surface area contributed by atoms with Gasteiger partial charge in [0.05, 0.1) is 0 Å². The van der Waals surface area contributed by atoms with Crippen molar-refractivity contribution in [3.05, 3.63) is 108 Å². The fraction of sp³-hybridized carbons (Fsp3) is 0.432. The number of likely N-dealkylation sites (tertiary alicyclic amines) is 1. The summed E-state index contributed by atoms with van der Waals surface area (Å²) in [6, 6.07) is 9.19. The van der Waals surface area contributed by atoms with Crippen molar-refractivity contribution in [3.8, 4) is 0 Å². The molecule has 1 saturated heterocycles. The maximum absolute atomic E-state index is 12.7. The molecule has 2 unspecified atom stereocenters. The summed E-state index contributed by atoms with van der Waals surface area (Å²) in [5.74, 6) is -0.234. The molecule has 2 heterocycles. The van der Waals surface area contributed by atoms with Crippen LogP contribution in [-0.4, -0.2) is 42.1 Å². The van der Waals surface area contributed by atoms with Gasteiger partial charge < -0.3 is 15.0 Å². The molecule has 43 heavy (non-hydrogen) atoms. The van der Waals surface area contributed by atoms with Crippen LogP contribution in [0.3, 0.4) is 0 Å². The van der Waals surface area contributed by atoms with Crippen LogP contribution < -0.4 is 5.32 Å². The monoisotopic (exact) mass is 584 g/mol. The number of allylic oxidation sites excluding steroid dienone is 10. The second-order valence-electron chi connectivity index (χ2n) is 11.2. The maximum Gasteiger partial charge on any atom is 0.286 e. The lowest BCUT2D eigenvalue weighted by atomic mass is 9.92. The summed E-state index contributed by atoms with van der Waals surface area (Å²) in [6.45, 7) is 5.63. The average molecular weight is 585 g/mol. The van der Waals surface area contributed by atoms with Crippen LogP contribution in [-0.2, 0) is 24.7 Å². The Hall–Kier alpha value is -3.93. The third-order valence-corrected chi connectivity index (χ3v) is 7.70. The number of nitrogens with zero attached hydrogens (tertiary/aromatic N) is 1. The molecule has 6 nitrogen and oxygen atoms in total. The average Bonchev–Trinajstić information content (AvgIpc) is 3.62. The molecule has 0 spiro atoms. The number of rotatable bonds is 17. The molecule has 2 aliphatic heterocycles. The van der Waals surface area contributed by atoms with Gasteiger partial charge in [0.25, 0.3) is 5.91 Å². The van der Waals surface area contributed by atoms with Gasteiger partial charge >= 0.3 is 0 Å². The van der Waals surface area contributed by atoms with Crippen molar-refractivity contribution in [2.24, 2.45) is 5.92 Å². The Morgan fingerprint density at radius 3 is 2.16 bits per heavy atom. The predicted octanol–water partition coefficient (Wildman–Crippen LogP) is 7.27. The summed E-state index contributed by atoms with van der Waals surface area (Å²) in [5, 5.41) is 2.89. The zero-order chi connectivity index (χ0) is 30.8. The summed E-state index contributed by atoms with van der Waals surface area (Å²) < 4.78 is 5.83. The summed E-state index contributed by atoms with van der Waals surface area (Å²) in [5.41, 5.74) is -0.470. The highest BCUT2D eigenvalue weighted by Gasteiger charge is 2.43. The molecule has 0 radical (unpaired) electrons. The number of ketones is 1. The van der Waals surface area contributed by atoms with Crippen LogP contribution in [0.1, 0.15) is 77.2 Å². The number of carbonyl (C=O) groups excluding carboxylic acids is 3. The minimum atomic E-state index is -1.18. The standard InChI is InChI=1S/C37H48N2O4/c1-3-4-5-6-7-8-9-10-11-12-13-14-15-16-17-18-22-25-35(41)39-27-26-31(30-39)29-38-36(42)33-28-34(40)37(2,43-33)32-23-20-19-21-24-32/h4-5,7-8,10-11,13-14,16-17,19-21,23-24,28,31H,3,6,9,12,15,18,22,25-27,29-30H2,1-2H3,(H,38,42). The Morgan fingerprint density at radius 2 is 1.53 bits per heavy atom. The van der Waals surface area contributed by atoms with Gasteiger partial charge in [0, 0.05) is 37.7 Å². The third kappa shape index (κ3) is 11.3. The molecule has 1 fully saturated rings. The summed E-state index contributed by atoms with van der Waals surface area (Å²) in [7, 11) is 0. The zero-order valence-corrected chi connectivity index (χ0v) is 25.9. The number of nitrogens with one attached hydrogen (secondary N) is 1. The van der Waals surface area contributed by atoms with Gasteiger partial charge in [-0.25, -0.2) is 0 Å². The molecule has 1 aromatic carbocycles. The number of ether oxygens (including phenoxy) is 1. The highest BCUT2D eigenvalue weighted by atomic mass is 16.5. The van der Waals surface area contributed by atoms with E-state index in [1.165, 1.54) is 6.08 Å². The molecular formula is C37H48N2O4. The molecule has 3 rings (SSSR count). The van der Waals surface area contributed by atoms with Gasteiger partial charge in [-0.2, -0.15) is 0 Å². The molecule has 0 aromatic heterocycles. The second kappa shape index (κ2) is 18.6. The van der Waals surface area contributed by atoms with Crippen LogP contribution in [0.5, 0.6) is 0 Å². The number of unbranched alkanes of at least 4 members (excludes halogenated alkanes) is 1. The predicted molar refractivity (Wildman–Crippen MR) is 174 cm³/mol. The van der Waals surface area contributed by atoms with Gasteiger partial charge in [-0.1, -0.05) is 98.0 Å². The number of hydrogen-bond acceptors (Lipinski definition) is 4. The van der Waals surface area contributed by atoms with Gasteiger partial charge in [-0.3, -0.25) is 14.4 Å². The number of hydrogen-bond donors (Lipinski definition) is 1. The van der Waals surface area contributed by atoms with E-state index in [0.717, 1.165) is 51.4 Å². The molecule has 0 bridgehead atoms. The number of carbonyl (C=O) groups is 3. The van der Waals surface area contributed by atoms with Gasteiger partial charge in [0.15, 0.2) is 11.4 Å². The SMILES string of the molecule is CCC=CCC=CCC=CCC=CCC=CCCCC(=O)N1CCC(CNC(=O)C2=CC(=O)C(C)(c3ccccc3)O2)C1. The quantitative estimate of drug-likeness (QED) is 0.154. The van der Waals surface area contributed by atoms with Crippen molar-refractivity contribution in [1.82, 2.24) is 10.2 Å². The van der Waals surface area contributed by atoms with Crippen molar-refractivity contribution in [1.29, 1.82) is 0 Å². The van der Waals surface area contributed by atoms with E-state index in [4.69, 9.17) is 4.74 Å². The second-order valence-corrected chi connectivity index (χ2v) is 11.2. The van der Waals surface area contributed by atoms with Crippen LogP contribution in [0.2, 0.25) is 0 Å². The smallest absolute Gasteiger partial charge is 0.286 e. The molecule has 2 amide bonds. The Kier molecular flexibility index (Phi) is 14.5. The fourth-order valence-corrected chi connectivity index (χ4v) is 5.07. The van der Waals surface area contributed by atoms with Crippen molar-refractivity contribution in [2.45, 2.75) is 77.2 Å². The Balaban J connectivity index is 1.23. The van der Waals surface area contributed by atoms with Gasteiger partial charge in [-0.05, 0) is 64.2 Å². The van der Waals surface area contributed by atoms with Crippen LogP contribution in [0.15, 0.2) is 103 Å². The van der Waals surface area contributed by atoms with E-state index in [1.54, 1.807) is 6.92 Å². The number of amides is 2. The van der Waals surface area contributed by atoms with E-state index in [0.29, 0.717) is 31.6 Å². The summed E-state index contributed by atoms with van der Waals surface area (Å²) in [4.78, 5) is 39.9. The lowest BCUT2D eigenvalue weighted by molar-refractivity contribution is -0.132. The minimum Gasteiger partial charge on any atom is -0.469 e. The normalized spacial score (nSPS) is 20.8. The first kappa shape index (κ1) is 33.6. The molecule has 2 aliphatic rings. The Morgan fingerprint density at radius 1 is 0.930 bits per heavy atom. The molecule has 6 heteroatoms. The maximum atomic E-state index is 12.7. The first-order valence-corrected chi connectivity index (χ1v) is 15.8. The minimum absolute atomic E-state index is 0.0392. The van der Waals surface area contributed by atoms with Crippen molar-refractivity contribution in [3.63, 3.8) is 0 Å². The van der Waals surface area contributed by atoms with E-state index in [1.807, 2.05) is 35.2 Å². The van der Waals surface area contributed by atoms with E-state index in [2.05, 4.69) is 73.0 Å². The van der Waals surface area contributed by atoms with Crippen LogP contribution >= 0.6 is 0 Å². The van der Waals surface area contributed by atoms with Crippen LogP contribution in [0.25, 0.3) is 0 Å². The largest absolute Gasteiger partial charge is 0.469 e. The molecule has 2 atom stereocenters. The summed E-state index contributed by atoms with van der Waals surface area (Å²) >= 11 is 0. The van der Waals surface area contributed by atoms with Gasteiger partial charge in [-0.15, -0.1) is 0 Å². The van der Waals surface area contributed by atoms with Crippen LogP contribution in [0.4, 0.5) is 0 Å². The Bertz CT molecular complexity index is 1220. The van der Waals surface area contributed by atoms with E-state index < -0.39 is 11.5 Å². The van der Waals surface area contributed by atoms with Crippen molar-refractivity contribution < 1.29 is 19.1 Å². The fourth-order valence-electron chi connectivity index (χ4n) is 5.07. The molecule has 0 saturated carbocycles. The highest BCUT2D eigenvalue weighted by Crippen LogP contribution is 2.34. The summed E-state index contributed by atoms with van der Waals surface area (Å²) in [6.07, 6.45) is 31.2. The number of benzene rings is 1. The molecule has 1 N–H and O–H groups in total. The Labute approximate surface area is 258 Å². The molecular weight excluding hydrogens is 536 g/mol. The highest BCUT2D eigenvalue weighted by molar-refractivity contribution is 6.07. The van der Waals surface area contributed by atoms with E-state index in [-0.39, 0.29) is 23.4 Å². The first-order valence-electron chi connectivity index (χ1n) is 15.8. The first-order chi connectivity index (χ1) is 20.9. The van der Waals surface area contributed by atoms with E-state index in [9.17, 15) is 14.4 Å². The molecule has 1 aromatic rings. The lowest BCUT2D eigenvalue weighted by Crippen LogP contribution is -2.35. The van der Waals surface area contributed by atoms with Crippen molar-refractivity contribution >= 4 is 17.6 Å². The van der Waals surface area contributed by atoms with Gasteiger partial charge in [0.2, 0.25) is 11.7 Å². The topological polar surface area (TPSA) is 75.7 Å². The van der Waals surface area contributed by atoms with Gasteiger partial charge in [0.1, 0.15) is 0 Å². The van der Waals surface area contributed by atoms with E-state index >= 15 is 0 Å². The third-order valence-electron chi connectivity index (χ3n) is 7.70. The zero-order valence-electron chi connectivity index (χ0n) is 25.9. The molecule has 0 aliphatic carbocycles.